The topological polar surface area (TPSA) is 113 Å². The van der Waals surface area contributed by atoms with E-state index >= 15 is 0 Å². The molecule has 0 bridgehead atoms. The first-order valence-corrected chi connectivity index (χ1v) is 7.08. The van der Waals surface area contributed by atoms with Crippen LogP contribution in [0.3, 0.4) is 0 Å². The second-order valence-electron chi connectivity index (χ2n) is 4.32. The Bertz CT molecular complexity index is 788. The molecule has 2 amide bonds. The third-order valence-corrected chi connectivity index (χ3v) is 3.62. The van der Waals surface area contributed by atoms with Crippen molar-refractivity contribution in [2.24, 2.45) is 0 Å². The van der Waals surface area contributed by atoms with E-state index in [9.17, 15) is 19.2 Å². The molecule has 0 unspecified atom stereocenters. The minimum atomic E-state index is -0.622. The van der Waals surface area contributed by atoms with Crippen LogP contribution in [0.2, 0.25) is 0 Å². The molecule has 8 nitrogen and oxygen atoms in total. The van der Waals surface area contributed by atoms with Gasteiger partial charge in [-0.15, -0.1) is 11.3 Å². The Kier molecular flexibility index (Phi) is 4.53. The Balaban J connectivity index is 2.06. The fourth-order valence-corrected chi connectivity index (χ4v) is 2.55. The minimum Gasteiger partial charge on any atom is -0.355 e. The number of hydrogen-bond donors (Lipinski definition) is 3. The molecule has 0 aromatic carbocycles. The predicted molar refractivity (Wildman–Crippen MR) is 78.4 cm³/mol. The molecule has 0 saturated carbocycles. The summed E-state index contributed by atoms with van der Waals surface area (Å²) in [6.45, 7) is 1.53. The number of carbonyl (C=O) groups is 2. The van der Waals surface area contributed by atoms with Gasteiger partial charge in [0.25, 0.3) is 5.56 Å². The molecular formula is C12H14N4O4S. The number of thiophene rings is 1. The lowest BCUT2D eigenvalue weighted by Gasteiger charge is -2.07. The second kappa shape index (κ2) is 6.35. The SMILES string of the molecule is CC(=O)NCCNC(=O)Cn1c(=O)[nH]c2ccsc2c1=O. The quantitative estimate of drug-likeness (QED) is 0.615. The molecule has 0 aliphatic heterocycles. The molecular weight excluding hydrogens is 296 g/mol. The van der Waals surface area contributed by atoms with Gasteiger partial charge in [0.15, 0.2) is 0 Å². The Hall–Kier alpha value is -2.42. The number of aromatic nitrogens is 2. The van der Waals surface area contributed by atoms with E-state index in [1.807, 2.05) is 0 Å². The molecule has 0 atom stereocenters. The lowest BCUT2D eigenvalue weighted by Crippen LogP contribution is -2.41. The number of carbonyl (C=O) groups excluding carboxylic acids is 2. The molecule has 0 aliphatic carbocycles. The third-order valence-electron chi connectivity index (χ3n) is 2.71. The highest BCUT2D eigenvalue weighted by Crippen LogP contribution is 2.11. The highest BCUT2D eigenvalue weighted by Gasteiger charge is 2.11. The first-order chi connectivity index (χ1) is 9.99. The van der Waals surface area contributed by atoms with Crippen molar-refractivity contribution < 1.29 is 9.59 Å². The highest BCUT2D eigenvalue weighted by atomic mass is 32.1. The Morgan fingerprint density at radius 1 is 1.29 bits per heavy atom. The van der Waals surface area contributed by atoms with Crippen LogP contribution in [0.4, 0.5) is 0 Å². The zero-order valence-corrected chi connectivity index (χ0v) is 12.1. The van der Waals surface area contributed by atoms with E-state index in [1.54, 1.807) is 11.4 Å². The summed E-state index contributed by atoms with van der Waals surface area (Å²) in [7, 11) is 0. The third kappa shape index (κ3) is 3.57. The summed E-state index contributed by atoms with van der Waals surface area (Å²) < 4.78 is 1.26. The first-order valence-electron chi connectivity index (χ1n) is 6.20. The lowest BCUT2D eigenvalue weighted by atomic mass is 10.4. The van der Waals surface area contributed by atoms with Gasteiger partial charge >= 0.3 is 5.69 Å². The minimum absolute atomic E-state index is 0.194. The summed E-state index contributed by atoms with van der Waals surface area (Å²) in [5, 5.41) is 6.73. The average Bonchev–Trinajstić information content (AvgIpc) is 2.87. The van der Waals surface area contributed by atoms with Crippen LogP contribution >= 0.6 is 11.3 Å². The number of hydrogen-bond acceptors (Lipinski definition) is 5. The van der Waals surface area contributed by atoms with E-state index in [0.717, 1.165) is 4.57 Å². The van der Waals surface area contributed by atoms with Crippen molar-refractivity contribution >= 4 is 33.4 Å². The van der Waals surface area contributed by atoms with Crippen LogP contribution in [0.15, 0.2) is 21.0 Å². The molecule has 2 rings (SSSR count). The first kappa shape index (κ1) is 15.0. The fraction of sp³-hybridized carbons (Fsp3) is 0.333. The Morgan fingerprint density at radius 3 is 2.71 bits per heavy atom. The van der Waals surface area contributed by atoms with Crippen molar-refractivity contribution in [1.82, 2.24) is 20.2 Å². The smallest absolute Gasteiger partial charge is 0.329 e. The van der Waals surface area contributed by atoms with Crippen LogP contribution in [0.5, 0.6) is 0 Å². The normalized spacial score (nSPS) is 10.5. The van der Waals surface area contributed by atoms with Gasteiger partial charge in [0.1, 0.15) is 11.2 Å². The molecule has 0 radical (unpaired) electrons. The summed E-state index contributed by atoms with van der Waals surface area (Å²) in [5.74, 6) is -0.663. The largest absolute Gasteiger partial charge is 0.355 e. The van der Waals surface area contributed by atoms with Gasteiger partial charge in [-0.25, -0.2) is 9.36 Å². The van der Waals surface area contributed by atoms with Crippen LogP contribution in [-0.4, -0.2) is 34.5 Å². The van der Waals surface area contributed by atoms with Gasteiger partial charge in [0.2, 0.25) is 11.8 Å². The van der Waals surface area contributed by atoms with Crippen molar-refractivity contribution in [1.29, 1.82) is 0 Å². The molecule has 0 spiro atoms. The molecule has 2 aromatic rings. The monoisotopic (exact) mass is 310 g/mol. The predicted octanol–water partition coefficient (Wildman–Crippen LogP) is -0.996. The second-order valence-corrected chi connectivity index (χ2v) is 5.23. The van der Waals surface area contributed by atoms with Gasteiger partial charge in [-0.05, 0) is 11.4 Å². The van der Waals surface area contributed by atoms with Crippen molar-refractivity contribution in [3.05, 3.63) is 32.3 Å². The highest BCUT2D eigenvalue weighted by molar-refractivity contribution is 7.17. The molecule has 2 aromatic heterocycles. The van der Waals surface area contributed by atoms with Gasteiger partial charge < -0.3 is 15.6 Å². The van der Waals surface area contributed by atoms with Gasteiger partial charge in [-0.1, -0.05) is 0 Å². The molecule has 3 N–H and O–H groups in total. The summed E-state index contributed by atoms with van der Waals surface area (Å²) in [6, 6.07) is 1.64. The zero-order chi connectivity index (χ0) is 15.4. The zero-order valence-electron chi connectivity index (χ0n) is 11.3. The van der Waals surface area contributed by atoms with Crippen molar-refractivity contribution in [2.75, 3.05) is 13.1 Å². The van der Waals surface area contributed by atoms with Gasteiger partial charge in [-0.2, -0.15) is 0 Å². The van der Waals surface area contributed by atoms with Crippen LogP contribution in [0, 0.1) is 0 Å². The van der Waals surface area contributed by atoms with Crippen LogP contribution in [0.25, 0.3) is 10.2 Å². The standard InChI is InChI=1S/C12H14N4O4S/c1-7(17)13-3-4-14-9(18)6-16-11(19)10-8(2-5-21-10)15-12(16)20/h2,5H,3-4,6H2,1H3,(H,13,17)(H,14,18)(H,15,20). The number of nitrogens with zero attached hydrogens (tertiary/aromatic N) is 1. The van der Waals surface area contributed by atoms with Crippen LogP contribution in [-0.2, 0) is 16.1 Å². The number of amides is 2. The maximum Gasteiger partial charge on any atom is 0.329 e. The van der Waals surface area contributed by atoms with Gasteiger partial charge in [0.05, 0.1) is 5.52 Å². The summed E-state index contributed by atoms with van der Waals surface area (Å²) >= 11 is 1.21. The fourth-order valence-electron chi connectivity index (χ4n) is 1.75. The van der Waals surface area contributed by atoms with E-state index in [-0.39, 0.29) is 25.5 Å². The molecule has 9 heteroatoms. The molecule has 0 fully saturated rings. The number of aromatic amines is 1. The number of nitrogens with one attached hydrogen (secondary N) is 3. The summed E-state index contributed by atoms with van der Waals surface area (Å²) in [5.41, 5.74) is -0.638. The molecule has 0 saturated heterocycles. The molecule has 21 heavy (non-hydrogen) atoms. The van der Waals surface area contributed by atoms with Gasteiger partial charge in [0, 0.05) is 20.0 Å². The molecule has 112 valence electrons. The molecule has 0 aliphatic rings. The summed E-state index contributed by atoms with van der Waals surface area (Å²) in [4.78, 5) is 48.8. The number of fused-ring (bicyclic) bond motifs is 1. The maximum absolute atomic E-state index is 12.1. The lowest BCUT2D eigenvalue weighted by molar-refractivity contribution is -0.122. The van der Waals surface area contributed by atoms with Crippen LogP contribution < -0.4 is 21.9 Å². The number of H-pyrrole nitrogens is 1. The van der Waals surface area contributed by atoms with E-state index in [2.05, 4.69) is 15.6 Å². The van der Waals surface area contributed by atoms with E-state index in [1.165, 1.54) is 18.3 Å². The van der Waals surface area contributed by atoms with E-state index in [0.29, 0.717) is 10.2 Å². The number of rotatable bonds is 5. The molecule has 2 heterocycles. The summed E-state index contributed by atoms with van der Waals surface area (Å²) in [6.07, 6.45) is 0. The Morgan fingerprint density at radius 2 is 2.00 bits per heavy atom. The van der Waals surface area contributed by atoms with Crippen molar-refractivity contribution in [3.63, 3.8) is 0 Å². The van der Waals surface area contributed by atoms with Crippen LogP contribution in [0.1, 0.15) is 6.92 Å². The van der Waals surface area contributed by atoms with Gasteiger partial charge in [-0.3, -0.25) is 14.4 Å². The van der Waals surface area contributed by atoms with E-state index in [4.69, 9.17) is 0 Å². The average molecular weight is 310 g/mol. The Labute approximate surface area is 122 Å². The van der Waals surface area contributed by atoms with Crippen molar-refractivity contribution in [3.8, 4) is 0 Å². The van der Waals surface area contributed by atoms with Crippen molar-refractivity contribution in [2.45, 2.75) is 13.5 Å². The van der Waals surface area contributed by atoms with E-state index < -0.39 is 17.2 Å². The maximum atomic E-state index is 12.1.